The van der Waals surface area contributed by atoms with Crippen molar-refractivity contribution in [2.75, 3.05) is 6.54 Å². The van der Waals surface area contributed by atoms with E-state index in [-0.39, 0.29) is 11.8 Å². The van der Waals surface area contributed by atoms with Gasteiger partial charge in [-0.2, -0.15) is 0 Å². The number of hydrogen-bond donors (Lipinski definition) is 2. The molecule has 1 aromatic carbocycles. The summed E-state index contributed by atoms with van der Waals surface area (Å²) in [6, 6.07) is 9.45. The molecule has 5 nitrogen and oxygen atoms in total. The Balaban J connectivity index is 1.65. The van der Waals surface area contributed by atoms with E-state index >= 15 is 0 Å². The van der Waals surface area contributed by atoms with Gasteiger partial charge in [-0.3, -0.25) is 4.79 Å². The number of nitrogens with zero attached hydrogens (tertiary/aromatic N) is 2. The van der Waals surface area contributed by atoms with Crippen LogP contribution < -0.4 is 9.88 Å². The minimum atomic E-state index is -1.43. The van der Waals surface area contributed by atoms with Gasteiger partial charge in [0.05, 0.1) is 13.6 Å². The highest BCUT2D eigenvalue weighted by Gasteiger charge is 2.45. The van der Waals surface area contributed by atoms with Crippen molar-refractivity contribution < 1.29 is 14.5 Å². The highest BCUT2D eigenvalue weighted by atomic mass is 16.3. The average Bonchev–Trinajstić information content (AvgIpc) is 3.03. The third-order valence-corrected chi connectivity index (χ3v) is 6.01. The van der Waals surface area contributed by atoms with Crippen molar-refractivity contribution in [2.24, 2.45) is 13.0 Å². The normalized spacial score (nSPS) is 17.4. The Morgan fingerprint density at radius 3 is 2.59 bits per heavy atom. The van der Waals surface area contributed by atoms with Crippen LogP contribution in [0.5, 0.6) is 0 Å². The third kappa shape index (κ3) is 4.24. The van der Waals surface area contributed by atoms with Crippen LogP contribution in [0.1, 0.15) is 49.9 Å². The molecule has 0 spiro atoms. The number of imidazole rings is 1. The zero-order chi connectivity index (χ0) is 19.3. The fourth-order valence-electron chi connectivity index (χ4n) is 4.19. The molecule has 1 saturated carbocycles. The molecule has 27 heavy (non-hydrogen) atoms. The average molecular weight is 371 g/mol. The highest BCUT2D eigenvalue weighted by Crippen LogP contribution is 2.39. The summed E-state index contributed by atoms with van der Waals surface area (Å²) >= 11 is 0. The standard InChI is InChI=1S/C22H31N3O2/c1-18-24(2)16-17-25(18)15-9-14-23-21(26)22(27,19-10-5-3-6-11-19)20-12-7-4-8-13-20/h3,5-6,10-11,16-17,20,27H,4,7-9,12-15H2,1-2H3/p+1. The number of hydrogen-bond acceptors (Lipinski definition) is 2. The van der Waals surface area contributed by atoms with Gasteiger partial charge in [0, 0.05) is 25.8 Å². The summed E-state index contributed by atoms with van der Waals surface area (Å²) in [6.07, 6.45) is 10.1. The Kier molecular flexibility index (Phi) is 6.32. The highest BCUT2D eigenvalue weighted by molar-refractivity contribution is 5.86. The van der Waals surface area contributed by atoms with Crippen LogP contribution >= 0.6 is 0 Å². The smallest absolute Gasteiger partial charge is 0.256 e. The lowest BCUT2D eigenvalue weighted by Gasteiger charge is -2.37. The molecule has 0 bridgehead atoms. The van der Waals surface area contributed by atoms with Crippen molar-refractivity contribution in [3.8, 4) is 0 Å². The molecule has 5 heteroatoms. The number of rotatable bonds is 7. The van der Waals surface area contributed by atoms with Crippen molar-refractivity contribution >= 4 is 5.91 Å². The first-order chi connectivity index (χ1) is 13.0. The molecular formula is C22H32N3O2+. The molecule has 2 aromatic rings. The van der Waals surface area contributed by atoms with Gasteiger partial charge in [0.1, 0.15) is 12.4 Å². The molecule has 0 saturated heterocycles. The van der Waals surface area contributed by atoms with Gasteiger partial charge in [-0.15, -0.1) is 0 Å². The van der Waals surface area contributed by atoms with Crippen LogP contribution in [0.2, 0.25) is 0 Å². The van der Waals surface area contributed by atoms with Crippen LogP contribution in [-0.2, 0) is 24.0 Å². The van der Waals surface area contributed by atoms with E-state index in [0.29, 0.717) is 12.1 Å². The number of aryl methyl sites for hydroxylation is 2. The molecule has 1 aromatic heterocycles. The maximum Gasteiger partial charge on any atom is 0.256 e. The van der Waals surface area contributed by atoms with Crippen LogP contribution in [0, 0.1) is 12.8 Å². The maximum atomic E-state index is 13.1. The first kappa shape index (κ1) is 19.6. The summed E-state index contributed by atoms with van der Waals surface area (Å²) in [7, 11) is 2.03. The van der Waals surface area contributed by atoms with E-state index in [1.165, 1.54) is 12.2 Å². The van der Waals surface area contributed by atoms with E-state index in [2.05, 4.69) is 27.6 Å². The zero-order valence-electron chi connectivity index (χ0n) is 16.5. The van der Waals surface area contributed by atoms with Crippen LogP contribution in [-0.4, -0.2) is 22.1 Å². The predicted octanol–water partition coefficient (Wildman–Crippen LogP) is 2.60. The predicted molar refractivity (Wildman–Crippen MR) is 105 cm³/mol. The van der Waals surface area contributed by atoms with Crippen molar-refractivity contribution in [1.82, 2.24) is 9.88 Å². The van der Waals surface area contributed by atoms with Gasteiger partial charge in [-0.1, -0.05) is 49.6 Å². The van der Waals surface area contributed by atoms with Crippen LogP contribution in [0.15, 0.2) is 42.7 Å². The molecular weight excluding hydrogens is 338 g/mol. The summed E-state index contributed by atoms with van der Waals surface area (Å²) in [6.45, 7) is 3.48. The number of aliphatic hydroxyl groups is 1. The summed E-state index contributed by atoms with van der Waals surface area (Å²) in [5, 5.41) is 14.5. The van der Waals surface area contributed by atoms with Gasteiger partial charge in [-0.05, 0) is 18.4 Å². The Morgan fingerprint density at radius 1 is 1.26 bits per heavy atom. The Labute approximate surface area is 162 Å². The second kappa shape index (κ2) is 8.70. The number of amides is 1. The number of nitrogens with one attached hydrogen (secondary N) is 1. The van der Waals surface area contributed by atoms with E-state index in [9.17, 15) is 9.90 Å². The lowest BCUT2D eigenvalue weighted by Crippen LogP contribution is -2.50. The Hall–Kier alpha value is -2.14. The number of benzene rings is 1. The Bertz CT molecular complexity index is 750. The second-order valence-electron chi connectivity index (χ2n) is 7.73. The van der Waals surface area contributed by atoms with Crippen molar-refractivity contribution in [2.45, 2.75) is 57.6 Å². The molecule has 0 radical (unpaired) electrons. The lowest BCUT2D eigenvalue weighted by atomic mass is 9.73. The van der Waals surface area contributed by atoms with Crippen LogP contribution in [0.3, 0.4) is 0 Å². The summed E-state index contributed by atoms with van der Waals surface area (Å²) < 4.78 is 4.26. The first-order valence-electron chi connectivity index (χ1n) is 10.1. The van der Waals surface area contributed by atoms with Crippen LogP contribution in [0.25, 0.3) is 0 Å². The van der Waals surface area contributed by atoms with E-state index in [1.807, 2.05) is 43.6 Å². The minimum Gasteiger partial charge on any atom is -0.375 e. The quantitative estimate of drug-likeness (QED) is 0.581. The third-order valence-electron chi connectivity index (χ3n) is 6.01. The van der Waals surface area contributed by atoms with E-state index in [4.69, 9.17) is 0 Å². The van der Waals surface area contributed by atoms with Gasteiger partial charge in [-0.25, -0.2) is 9.13 Å². The van der Waals surface area contributed by atoms with Gasteiger partial charge in [0.15, 0.2) is 5.60 Å². The van der Waals surface area contributed by atoms with Crippen LogP contribution in [0.4, 0.5) is 0 Å². The monoisotopic (exact) mass is 370 g/mol. The summed E-state index contributed by atoms with van der Waals surface area (Å²) in [4.78, 5) is 13.1. The number of carbonyl (C=O) groups excluding carboxylic acids is 1. The lowest BCUT2D eigenvalue weighted by molar-refractivity contribution is -0.677. The van der Waals surface area contributed by atoms with E-state index in [1.54, 1.807) is 0 Å². The molecule has 1 fully saturated rings. The molecule has 3 rings (SSSR count). The Morgan fingerprint density at radius 2 is 1.96 bits per heavy atom. The molecule has 1 unspecified atom stereocenters. The molecule has 2 N–H and O–H groups in total. The molecule has 1 heterocycles. The van der Waals surface area contributed by atoms with Crippen molar-refractivity contribution in [3.05, 3.63) is 54.1 Å². The van der Waals surface area contributed by atoms with Gasteiger partial charge < -0.3 is 10.4 Å². The zero-order valence-corrected chi connectivity index (χ0v) is 16.5. The molecule has 1 amide bonds. The largest absolute Gasteiger partial charge is 0.375 e. The van der Waals surface area contributed by atoms with E-state index < -0.39 is 5.60 Å². The van der Waals surface area contributed by atoms with Crippen molar-refractivity contribution in [1.29, 1.82) is 0 Å². The topological polar surface area (TPSA) is 58.1 Å². The van der Waals surface area contributed by atoms with E-state index in [0.717, 1.165) is 38.6 Å². The minimum absolute atomic E-state index is 0.0145. The maximum absolute atomic E-state index is 13.1. The number of aromatic nitrogens is 2. The molecule has 1 aliphatic rings. The summed E-state index contributed by atoms with van der Waals surface area (Å²) in [5.74, 6) is 0.916. The van der Waals surface area contributed by atoms with Gasteiger partial charge in [0.2, 0.25) is 0 Å². The summed E-state index contributed by atoms with van der Waals surface area (Å²) in [5.41, 5.74) is -0.722. The fraction of sp³-hybridized carbons (Fsp3) is 0.545. The van der Waals surface area contributed by atoms with Gasteiger partial charge in [0.25, 0.3) is 11.7 Å². The molecule has 1 atom stereocenters. The fourth-order valence-corrected chi connectivity index (χ4v) is 4.19. The molecule has 1 aliphatic carbocycles. The molecule has 0 aliphatic heterocycles. The second-order valence-corrected chi connectivity index (χ2v) is 7.73. The molecule has 146 valence electrons. The first-order valence-corrected chi connectivity index (χ1v) is 10.1. The SMILES string of the molecule is Cc1n(CCCNC(=O)C(O)(c2ccccc2)C2CCCCC2)cc[n+]1C. The number of carbonyl (C=O) groups is 1. The van der Waals surface area contributed by atoms with Gasteiger partial charge >= 0.3 is 0 Å². The van der Waals surface area contributed by atoms with Crippen molar-refractivity contribution in [3.63, 3.8) is 0 Å².